The molecule has 2 aromatic rings. The Kier molecular flexibility index (Phi) is 3.68. The number of benzene rings is 1. The standard InChI is InChI=1S/C16H21FN4/c1-11-15(10-18-13-6-7-13)16(21(3)19-11)20(2)14-8-4-12(17)5-9-14/h4-5,8-9,13,18H,6-7,10H2,1-3H3. The molecule has 3 rings (SSSR count). The molecule has 0 aliphatic heterocycles. The van der Waals surface area contributed by atoms with Gasteiger partial charge in [-0.05, 0) is 44.0 Å². The maximum absolute atomic E-state index is 13.1. The maximum atomic E-state index is 13.1. The van der Waals surface area contributed by atoms with Crippen molar-refractivity contribution in [2.45, 2.75) is 32.4 Å². The van der Waals surface area contributed by atoms with Gasteiger partial charge in [0, 0.05) is 37.9 Å². The summed E-state index contributed by atoms with van der Waals surface area (Å²) in [6.45, 7) is 2.86. The van der Waals surface area contributed by atoms with Crippen molar-refractivity contribution in [1.29, 1.82) is 0 Å². The Balaban J connectivity index is 1.90. The molecule has 1 aromatic carbocycles. The van der Waals surface area contributed by atoms with Crippen molar-refractivity contribution in [2.75, 3.05) is 11.9 Å². The van der Waals surface area contributed by atoms with Gasteiger partial charge in [0.1, 0.15) is 11.6 Å². The predicted molar refractivity (Wildman–Crippen MR) is 82.3 cm³/mol. The van der Waals surface area contributed by atoms with E-state index in [0.717, 1.165) is 23.7 Å². The molecular weight excluding hydrogens is 267 g/mol. The van der Waals surface area contributed by atoms with Gasteiger partial charge in [-0.15, -0.1) is 0 Å². The molecule has 0 spiro atoms. The highest BCUT2D eigenvalue weighted by Crippen LogP contribution is 2.29. The molecule has 0 amide bonds. The summed E-state index contributed by atoms with van der Waals surface area (Å²) in [5.74, 6) is 0.830. The molecule has 1 aliphatic rings. The van der Waals surface area contributed by atoms with Crippen LogP contribution in [0.15, 0.2) is 24.3 Å². The van der Waals surface area contributed by atoms with Crippen LogP contribution in [-0.2, 0) is 13.6 Å². The Morgan fingerprint density at radius 1 is 1.33 bits per heavy atom. The lowest BCUT2D eigenvalue weighted by molar-refractivity contribution is 0.628. The van der Waals surface area contributed by atoms with Gasteiger partial charge in [0.2, 0.25) is 0 Å². The lowest BCUT2D eigenvalue weighted by Gasteiger charge is -2.21. The third-order valence-corrected chi connectivity index (χ3v) is 3.99. The van der Waals surface area contributed by atoms with Gasteiger partial charge in [0.25, 0.3) is 0 Å². The van der Waals surface area contributed by atoms with Crippen molar-refractivity contribution in [3.05, 3.63) is 41.3 Å². The number of halogens is 1. The van der Waals surface area contributed by atoms with E-state index in [9.17, 15) is 4.39 Å². The van der Waals surface area contributed by atoms with E-state index in [1.807, 2.05) is 25.7 Å². The fraction of sp³-hybridized carbons (Fsp3) is 0.438. The highest BCUT2D eigenvalue weighted by atomic mass is 19.1. The molecule has 0 atom stereocenters. The minimum Gasteiger partial charge on any atom is -0.329 e. The molecule has 112 valence electrons. The zero-order valence-corrected chi connectivity index (χ0v) is 12.7. The molecule has 5 heteroatoms. The molecule has 4 nitrogen and oxygen atoms in total. The lowest BCUT2D eigenvalue weighted by Crippen LogP contribution is -2.20. The van der Waals surface area contributed by atoms with Gasteiger partial charge in [0.05, 0.1) is 5.69 Å². The molecule has 1 N–H and O–H groups in total. The number of hydrogen-bond donors (Lipinski definition) is 1. The summed E-state index contributed by atoms with van der Waals surface area (Å²) in [7, 11) is 3.94. The lowest BCUT2D eigenvalue weighted by atomic mass is 10.2. The number of anilines is 2. The zero-order chi connectivity index (χ0) is 15.0. The van der Waals surface area contributed by atoms with Gasteiger partial charge in [-0.2, -0.15) is 5.10 Å². The van der Waals surface area contributed by atoms with Crippen LogP contribution in [0.1, 0.15) is 24.1 Å². The Morgan fingerprint density at radius 2 is 2.00 bits per heavy atom. The normalized spacial score (nSPS) is 14.5. The summed E-state index contributed by atoms with van der Waals surface area (Å²) in [4.78, 5) is 2.06. The second-order valence-corrected chi connectivity index (χ2v) is 5.70. The van der Waals surface area contributed by atoms with Gasteiger partial charge in [-0.1, -0.05) is 0 Å². The molecule has 0 saturated heterocycles. The number of nitrogens with zero attached hydrogens (tertiary/aromatic N) is 3. The molecule has 0 unspecified atom stereocenters. The van der Waals surface area contributed by atoms with Crippen LogP contribution in [0.25, 0.3) is 0 Å². The third-order valence-electron chi connectivity index (χ3n) is 3.99. The van der Waals surface area contributed by atoms with Crippen LogP contribution in [0.4, 0.5) is 15.9 Å². The van der Waals surface area contributed by atoms with Crippen molar-refractivity contribution in [3.8, 4) is 0 Å². The van der Waals surface area contributed by atoms with Crippen LogP contribution < -0.4 is 10.2 Å². The van der Waals surface area contributed by atoms with Crippen LogP contribution in [0.5, 0.6) is 0 Å². The Bertz CT molecular complexity index is 628. The summed E-state index contributed by atoms with van der Waals surface area (Å²) in [5.41, 5.74) is 3.19. The van der Waals surface area contributed by atoms with Crippen molar-refractivity contribution in [1.82, 2.24) is 15.1 Å². The summed E-state index contributed by atoms with van der Waals surface area (Å²) in [6, 6.07) is 7.20. The van der Waals surface area contributed by atoms with Crippen LogP contribution in [0.3, 0.4) is 0 Å². The van der Waals surface area contributed by atoms with Crippen molar-refractivity contribution in [3.63, 3.8) is 0 Å². The fourth-order valence-corrected chi connectivity index (χ4v) is 2.64. The third kappa shape index (κ3) is 2.93. The van der Waals surface area contributed by atoms with E-state index in [-0.39, 0.29) is 5.82 Å². The van der Waals surface area contributed by atoms with Crippen LogP contribution in [0, 0.1) is 12.7 Å². The SMILES string of the molecule is Cc1nn(C)c(N(C)c2ccc(F)cc2)c1CNC1CC1. The molecule has 1 saturated carbocycles. The van der Waals surface area contributed by atoms with Crippen LogP contribution in [-0.4, -0.2) is 22.9 Å². The van der Waals surface area contributed by atoms with Crippen LogP contribution in [0.2, 0.25) is 0 Å². The highest BCUT2D eigenvalue weighted by molar-refractivity contribution is 5.63. The average molecular weight is 288 g/mol. The average Bonchev–Trinajstić information content (AvgIpc) is 3.22. The quantitative estimate of drug-likeness (QED) is 0.918. The zero-order valence-electron chi connectivity index (χ0n) is 12.7. The Hall–Kier alpha value is -1.88. The number of aromatic nitrogens is 2. The Morgan fingerprint density at radius 3 is 2.62 bits per heavy atom. The number of aryl methyl sites for hydroxylation is 2. The molecule has 21 heavy (non-hydrogen) atoms. The van der Waals surface area contributed by atoms with Crippen LogP contribution >= 0.6 is 0 Å². The number of rotatable bonds is 5. The van der Waals surface area contributed by atoms with Gasteiger partial charge in [-0.25, -0.2) is 4.39 Å². The maximum Gasteiger partial charge on any atom is 0.135 e. The topological polar surface area (TPSA) is 33.1 Å². The second kappa shape index (κ2) is 5.48. The highest BCUT2D eigenvalue weighted by Gasteiger charge is 2.23. The van der Waals surface area contributed by atoms with E-state index in [0.29, 0.717) is 6.04 Å². The summed E-state index contributed by atoms with van der Waals surface area (Å²) < 4.78 is 15.0. The molecule has 1 heterocycles. The largest absolute Gasteiger partial charge is 0.329 e. The monoisotopic (exact) mass is 288 g/mol. The van der Waals surface area contributed by atoms with Crippen molar-refractivity contribution < 1.29 is 4.39 Å². The molecule has 0 radical (unpaired) electrons. The van der Waals surface area contributed by atoms with E-state index >= 15 is 0 Å². The molecular formula is C16H21FN4. The first kappa shape index (κ1) is 14.1. The smallest absolute Gasteiger partial charge is 0.135 e. The Labute approximate surface area is 124 Å². The van der Waals surface area contributed by atoms with Crippen molar-refractivity contribution >= 4 is 11.5 Å². The first-order valence-corrected chi connectivity index (χ1v) is 7.31. The number of nitrogens with one attached hydrogen (secondary N) is 1. The van der Waals surface area contributed by atoms with E-state index in [1.54, 1.807) is 12.1 Å². The molecule has 1 aromatic heterocycles. The van der Waals surface area contributed by atoms with E-state index in [2.05, 4.69) is 15.3 Å². The van der Waals surface area contributed by atoms with E-state index in [4.69, 9.17) is 0 Å². The van der Waals surface area contributed by atoms with Crippen molar-refractivity contribution in [2.24, 2.45) is 7.05 Å². The predicted octanol–water partition coefficient (Wildman–Crippen LogP) is 2.89. The van der Waals surface area contributed by atoms with E-state index < -0.39 is 0 Å². The fourth-order valence-electron chi connectivity index (χ4n) is 2.64. The molecule has 0 bridgehead atoms. The first-order valence-electron chi connectivity index (χ1n) is 7.31. The minimum atomic E-state index is -0.219. The molecule has 1 aliphatic carbocycles. The first-order chi connectivity index (χ1) is 10.1. The van der Waals surface area contributed by atoms with Gasteiger partial charge in [0.15, 0.2) is 0 Å². The number of hydrogen-bond acceptors (Lipinski definition) is 3. The summed E-state index contributed by atoms with van der Waals surface area (Å²) in [6.07, 6.45) is 2.53. The minimum absolute atomic E-state index is 0.219. The van der Waals surface area contributed by atoms with Gasteiger partial charge >= 0.3 is 0 Å². The summed E-state index contributed by atoms with van der Waals surface area (Å²) >= 11 is 0. The van der Waals surface area contributed by atoms with E-state index in [1.165, 1.54) is 30.5 Å². The second-order valence-electron chi connectivity index (χ2n) is 5.70. The summed E-state index contributed by atoms with van der Waals surface area (Å²) in [5, 5.41) is 8.08. The van der Waals surface area contributed by atoms with Gasteiger partial charge < -0.3 is 10.2 Å². The van der Waals surface area contributed by atoms with Gasteiger partial charge in [-0.3, -0.25) is 4.68 Å². The molecule has 1 fully saturated rings.